The van der Waals surface area contributed by atoms with E-state index >= 15 is 0 Å². The van der Waals surface area contributed by atoms with Crippen LogP contribution in [-0.2, 0) is 20.7 Å². The molecule has 0 aliphatic heterocycles. The second-order valence-electron chi connectivity index (χ2n) is 7.07. The van der Waals surface area contributed by atoms with Gasteiger partial charge in [0.05, 0.1) is 0 Å². The third-order valence-electron chi connectivity index (χ3n) is 5.02. The number of nitrogen functional groups attached to an aromatic ring is 1. The summed E-state index contributed by atoms with van der Waals surface area (Å²) in [4.78, 5) is 32.7. The SMILES string of the molecule is Cc1nc2nc(N)nn2c(C)c1CCC(=O)O[C@H](C)C(=O)NC1CCCC1. The lowest BCUT2D eigenvalue weighted by molar-refractivity contribution is -0.155. The number of aromatic nitrogens is 4. The second-order valence-corrected chi connectivity index (χ2v) is 7.07. The number of ether oxygens (including phenoxy) is 1. The number of hydrogen-bond donors (Lipinski definition) is 2. The van der Waals surface area contributed by atoms with Gasteiger partial charge in [-0.15, -0.1) is 5.10 Å². The molecule has 0 aromatic carbocycles. The highest BCUT2D eigenvalue weighted by molar-refractivity contribution is 5.83. The van der Waals surface area contributed by atoms with Crippen LogP contribution in [0.15, 0.2) is 0 Å². The normalized spacial score (nSPS) is 15.8. The number of esters is 1. The Balaban J connectivity index is 1.57. The first kappa shape index (κ1) is 19.1. The van der Waals surface area contributed by atoms with Gasteiger partial charge in [-0.3, -0.25) is 9.59 Å². The van der Waals surface area contributed by atoms with E-state index in [1.54, 1.807) is 11.4 Å². The summed E-state index contributed by atoms with van der Waals surface area (Å²) >= 11 is 0. The number of amides is 1. The first-order chi connectivity index (χ1) is 12.8. The van der Waals surface area contributed by atoms with Crippen molar-refractivity contribution in [2.75, 3.05) is 5.73 Å². The molecule has 146 valence electrons. The molecule has 3 rings (SSSR count). The molecule has 1 aliphatic rings. The smallest absolute Gasteiger partial charge is 0.306 e. The lowest BCUT2D eigenvalue weighted by Gasteiger charge is -2.17. The van der Waals surface area contributed by atoms with Gasteiger partial charge in [0.25, 0.3) is 11.7 Å². The molecule has 2 aromatic rings. The maximum Gasteiger partial charge on any atom is 0.306 e. The molecule has 3 N–H and O–H groups in total. The summed E-state index contributed by atoms with van der Waals surface area (Å²) in [6, 6.07) is 0.205. The highest BCUT2D eigenvalue weighted by Gasteiger charge is 2.23. The van der Waals surface area contributed by atoms with Crippen LogP contribution in [0.4, 0.5) is 5.95 Å². The lowest BCUT2D eigenvalue weighted by Crippen LogP contribution is -2.40. The zero-order chi connectivity index (χ0) is 19.6. The van der Waals surface area contributed by atoms with Crippen molar-refractivity contribution in [3.8, 4) is 0 Å². The number of fused-ring (bicyclic) bond motifs is 1. The van der Waals surface area contributed by atoms with Crippen molar-refractivity contribution >= 4 is 23.6 Å². The Morgan fingerprint density at radius 3 is 2.70 bits per heavy atom. The summed E-state index contributed by atoms with van der Waals surface area (Å²) in [5, 5.41) is 7.06. The summed E-state index contributed by atoms with van der Waals surface area (Å²) < 4.78 is 6.86. The fraction of sp³-hybridized carbons (Fsp3) is 0.611. The van der Waals surface area contributed by atoms with Crippen molar-refractivity contribution in [2.45, 2.75) is 71.4 Å². The van der Waals surface area contributed by atoms with Crippen LogP contribution in [0, 0.1) is 13.8 Å². The lowest BCUT2D eigenvalue weighted by atomic mass is 10.1. The highest BCUT2D eigenvalue weighted by Crippen LogP contribution is 2.18. The van der Waals surface area contributed by atoms with Crippen molar-refractivity contribution in [2.24, 2.45) is 0 Å². The largest absolute Gasteiger partial charge is 0.453 e. The van der Waals surface area contributed by atoms with Crippen LogP contribution in [0.1, 0.15) is 56.0 Å². The Bertz CT molecular complexity index is 856. The number of carbonyl (C=O) groups is 2. The molecule has 1 amide bonds. The van der Waals surface area contributed by atoms with E-state index in [2.05, 4.69) is 20.4 Å². The summed E-state index contributed by atoms with van der Waals surface area (Å²) in [6.45, 7) is 5.34. The van der Waals surface area contributed by atoms with E-state index in [-0.39, 0.29) is 24.3 Å². The predicted molar refractivity (Wildman–Crippen MR) is 98.9 cm³/mol. The third-order valence-corrected chi connectivity index (χ3v) is 5.02. The number of nitrogens with two attached hydrogens (primary N) is 1. The van der Waals surface area contributed by atoms with Gasteiger partial charge in [0.2, 0.25) is 5.95 Å². The highest BCUT2D eigenvalue weighted by atomic mass is 16.5. The average Bonchev–Trinajstić information content (AvgIpc) is 3.23. The number of rotatable bonds is 6. The molecule has 0 unspecified atom stereocenters. The van der Waals surface area contributed by atoms with E-state index in [1.165, 1.54) is 0 Å². The van der Waals surface area contributed by atoms with Crippen LogP contribution in [0.2, 0.25) is 0 Å². The maximum atomic E-state index is 12.2. The Kier molecular flexibility index (Phi) is 5.57. The van der Waals surface area contributed by atoms with Crippen molar-refractivity contribution in [1.82, 2.24) is 24.9 Å². The van der Waals surface area contributed by atoms with Gasteiger partial charge >= 0.3 is 5.97 Å². The Labute approximate surface area is 157 Å². The number of anilines is 1. The molecule has 9 nitrogen and oxygen atoms in total. The van der Waals surface area contributed by atoms with Crippen molar-refractivity contribution in [3.63, 3.8) is 0 Å². The minimum atomic E-state index is -0.795. The molecule has 9 heteroatoms. The zero-order valence-electron chi connectivity index (χ0n) is 16.0. The second kappa shape index (κ2) is 7.89. The average molecular weight is 374 g/mol. The van der Waals surface area contributed by atoms with E-state index in [0.29, 0.717) is 12.2 Å². The maximum absolute atomic E-state index is 12.2. The molecule has 1 atom stereocenters. The molecular weight excluding hydrogens is 348 g/mol. The zero-order valence-corrected chi connectivity index (χ0v) is 16.0. The van der Waals surface area contributed by atoms with E-state index in [1.807, 2.05) is 13.8 Å². The van der Waals surface area contributed by atoms with Gasteiger partial charge in [0.15, 0.2) is 6.10 Å². The third kappa shape index (κ3) is 4.35. The molecule has 2 aromatic heterocycles. The topological polar surface area (TPSA) is 124 Å². The van der Waals surface area contributed by atoms with Gasteiger partial charge in [0, 0.05) is 23.9 Å². The number of nitrogens with zero attached hydrogens (tertiary/aromatic N) is 4. The van der Waals surface area contributed by atoms with Crippen LogP contribution < -0.4 is 11.1 Å². The van der Waals surface area contributed by atoms with Crippen molar-refractivity contribution in [1.29, 1.82) is 0 Å². The summed E-state index contributed by atoms with van der Waals surface area (Å²) in [5.74, 6) is -0.0560. The van der Waals surface area contributed by atoms with Crippen LogP contribution in [0.5, 0.6) is 0 Å². The minimum Gasteiger partial charge on any atom is -0.453 e. The fourth-order valence-electron chi connectivity index (χ4n) is 3.51. The summed E-state index contributed by atoms with van der Waals surface area (Å²) in [6.07, 6.45) is 4.05. The summed E-state index contributed by atoms with van der Waals surface area (Å²) in [5.41, 5.74) is 8.13. The van der Waals surface area contributed by atoms with Crippen LogP contribution in [0.25, 0.3) is 5.78 Å². The number of aryl methyl sites for hydroxylation is 2. The monoisotopic (exact) mass is 374 g/mol. The van der Waals surface area contributed by atoms with E-state index in [0.717, 1.165) is 42.6 Å². The van der Waals surface area contributed by atoms with Crippen molar-refractivity contribution < 1.29 is 14.3 Å². The van der Waals surface area contributed by atoms with Gasteiger partial charge in [-0.25, -0.2) is 4.98 Å². The summed E-state index contributed by atoms with van der Waals surface area (Å²) in [7, 11) is 0. The first-order valence-electron chi connectivity index (χ1n) is 9.33. The number of nitrogens with one attached hydrogen (secondary N) is 1. The Morgan fingerprint density at radius 1 is 1.30 bits per heavy atom. The first-order valence-corrected chi connectivity index (χ1v) is 9.33. The van der Waals surface area contributed by atoms with Gasteiger partial charge < -0.3 is 15.8 Å². The van der Waals surface area contributed by atoms with Gasteiger partial charge in [-0.2, -0.15) is 9.50 Å². The molecule has 2 heterocycles. The molecule has 1 saturated carbocycles. The molecule has 0 bridgehead atoms. The van der Waals surface area contributed by atoms with Crippen molar-refractivity contribution in [3.05, 3.63) is 17.0 Å². The van der Waals surface area contributed by atoms with E-state index in [9.17, 15) is 9.59 Å². The molecule has 0 saturated heterocycles. The number of carbonyl (C=O) groups excluding carboxylic acids is 2. The minimum absolute atomic E-state index is 0.153. The Morgan fingerprint density at radius 2 is 2.00 bits per heavy atom. The molecular formula is C18H26N6O3. The van der Waals surface area contributed by atoms with Gasteiger partial charge in [-0.1, -0.05) is 12.8 Å². The van der Waals surface area contributed by atoms with Crippen LogP contribution in [0.3, 0.4) is 0 Å². The molecule has 27 heavy (non-hydrogen) atoms. The fourth-order valence-corrected chi connectivity index (χ4v) is 3.51. The quantitative estimate of drug-likeness (QED) is 0.729. The number of hydrogen-bond acceptors (Lipinski definition) is 7. The van der Waals surface area contributed by atoms with Gasteiger partial charge in [-0.05, 0) is 45.6 Å². The molecule has 0 radical (unpaired) electrons. The van der Waals surface area contributed by atoms with Crippen LogP contribution in [-0.4, -0.2) is 43.6 Å². The Hall–Kier alpha value is -2.71. The molecule has 1 aliphatic carbocycles. The van der Waals surface area contributed by atoms with E-state index < -0.39 is 12.1 Å². The molecule has 0 spiro atoms. The standard InChI is InChI=1S/C18H26N6O3/c1-10-14(11(2)24-18(20-10)22-17(19)23-24)8-9-15(25)27-12(3)16(26)21-13-6-4-5-7-13/h12-13H,4-9H2,1-3H3,(H2,19,23)(H,21,26)/t12-/m1/s1. The van der Waals surface area contributed by atoms with Gasteiger partial charge in [0.1, 0.15) is 0 Å². The van der Waals surface area contributed by atoms with Crippen LogP contribution >= 0.6 is 0 Å². The van der Waals surface area contributed by atoms with E-state index in [4.69, 9.17) is 10.5 Å². The molecule has 1 fully saturated rings. The predicted octanol–water partition coefficient (Wildman–Crippen LogP) is 1.25.